The Kier molecular flexibility index (Phi) is 5.29. The summed E-state index contributed by atoms with van der Waals surface area (Å²) in [4.78, 5) is 14.1. The molecule has 2 aromatic rings. The van der Waals surface area contributed by atoms with Crippen LogP contribution in [0.25, 0.3) is 0 Å². The molecule has 26 heavy (non-hydrogen) atoms. The highest BCUT2D eigenvalue weighted by Gasteiger charge is 2.39. The number of nitrogens with zero attached hydrogens (tertiary/aromatic N) is 4. The highest BCUT2D eigenvalue weighted by molar-refractivity contribution is 5.08. The van der Waals surface area contributed by atoms with Crippen LogP contribution in [-0.4, -0.2) is 45.4 Å². The molecule has 0 spiro atoms. The molecule has 0 radical (unpaired) electrons. The third kappa shape index (κ3) is 3.95. The lowest BCUT2D eigenvalue weighted by atomic mass is 9.76. The summed E-state index contributed by atoms with van der Waals surface area (Å²) in [6, 6.07) is 12.9. The molecule has 5 rings (SSSR count). The van der Waals surface area contributed by atoms with E-state index in [1.807, 2.05) is 24.5 Å². The summed E-state index contributed by atoms with van der Waals surface area (Å²) < 4.78 is 0. The van der Waals surface area contributed by atoms with Crippen molar-refractivity contribution in [1.29, 1.82) is 0 Å². The predicted octanol–water partition coefficient (Wildman–Crippen LogP) is 2.82. The molecule has 4 unspecified atom stereocenters. The molecule has 3 aliphatic heterocycles. The molecule has 4 nitrogen and oxygen atoms in total. The number of aromatic nitrogens is 2. The molecular formula is C22H26N4. The molecule has 2 aromatic heterocycles. The molecular weight excluding hydrogens is 320 g/mol. The minimum absolute atomic E-state index is 0.444. The molecule has 4 atom stereocenters. The minimum Gasteiger partial charge on any atom is -0.298 e. The summed E-state index contributed by atoms with van der Waals surface area (Å²) in [5.74, 6) is 4.15. The monoisotopic (exact) mass is 346 g/mol. The van der Waals surface area contributed by atoms with Crippen molar-refractivity contribution in [2.75, 3.05) is 19.6 Å². The second kappa shape index (κ2) is 7.99. The molecule has 0 saturated carbocycles. The van der Waals surface area contributed by atoms with Gasteiger partial charge in [-0.2, -0.15) is 0 Å². The smallest absolute Gasteiger partial charge is 0.0544 e. The number of hydrogen-bond acceptors (Lipinski definition) is 4. The van der Waals surface area contributed by atoms with E-state index in [0.717, 1.165) is 37.6 Å². The van der Waals surface area contributed by atoms with Crippen molar-refractivity contribution in [3.63, 3.8) is 0 Å². The first kappa shape index (κ1) is 17.2. The maximum absolute atomic E-state index is 5.74. The topological polar surface area (TPSA) is 32.3 Å². The molecule has 5 heterocycles. The zero-order valence-corrected chi connectivity index (χ0v) is 15.2. The average molecular weight is 346 g/mol. The van der Waals surface area contributed by atoms with Crippen molar-refractivity contribution in [2.24, 2.45) is 11.8 Å². The van der Waals surface area contributed by atoms with Crippen LogP contribution in [0.2, 0.25) is 0 Å². The first-order valence-corrected chi connectivity index (χ1v) is 9.54. The number of terminal acetylenes is 1. The van der Waals surface area contributed by atoms with Crippen LogP contribution in [-0.2, 0) is 13.1 Å². The van der Waals surface area contributed by atoms with Crippen LogP contribution in [0.3, 0.4) is 0 Å². The Morgan fingerprint density at radius 1 is 1.08 bits per heavy atom. The van der Waals surface area contributed by atoms with Crippen LogP contribution in [0.1, 0.15) is 24.2 Å². The third-order valence-corrected chi connectivity index (χ3v) is 5.79. The van der Waals surface area contributed by atoms with Crippen LogP contribution in [0.4, 0.5) is 0 Å². The zero-order chi connectivity index (χ0) is 17.8. The van der Waals surface area contributed by atoms with E-state index in [-0.39, 0.29) is 0 Å². The van der Waals surface area contributed by atoms with Gasteiger partial charge in [0.25, 0.3) is 0 Å². The van der Waals surface area contributed by atoms with E-state index in [1.54, 1.807) is 0 Å². The summed E-state index contributed by atoms with van der Waals surface area (Å²) in [5, 5.41) is 0. The predicted molar refractivity (Wildman–Crippen MR) is 103 cm³/mol. The molecule has 134 valence electrons. The Labute approximate surface area is 156 Å². The summed E-state index contributed by atoms with van der Waals surface area (Å²) in [6.45, 7) is 5.00. The molecule has 4 heteroatoms. The Hall–Kier alpha value is -2.22. The second-order valence-corrected chi connectivity index (χ2v) is 7.52. The summed E-state index contributed by atoms with van der Waals surface area (Å²) >= 11 is 0. The Morgan fingerprint density at radius 2 is 1.77 bits per heavy atom. The summed E-state index contributed by atoms with van der Waals surface area (Å²) in [5.41, 5.74) is 2.22. The van der Waals surface area contributed by atoms with E-state index in [9.17, 15) is 0 Å². The minimum atomic E-state index is 0.444. The van der Waals surface area contributed by atoms with Gasteiger partial charge in [-0.25, -0.2) is 0 Å². The van der Waals surface area contributed by atoms with Gasteiger partial charge in [-0.15, -0.1) is 12.3 Å². The van der Waals surface area contributed by atoms with E-state index in [2.05, 4.69) is 50.0 Å². The van der Waals surface area contributed by atoms with E-state index in [1.165, 1.54) is 19.4 Å². The number of rotatable bonds is 6. The Morgan fingerprint density at radius 3 is 2.27 bits per heavy atom. The molecule has 0 amide bonds. The lowest BCUT2D eigenvalue weighted by molar-refractivity contribution is 0.00251. The fourth-order valence-electron chi connectivity index (χ4n) is 4.44. The number of piperidine rings is 3. The highest BCUT2D eigenvalue weighted by Crippen LogP contribution is 2.36. The van der Waals surface area contributed by atoms with Gasteiger partial charge >= 0.3 is 0 Å². The van der Waals surface area contributed by atoms with Crippen LogP contribution in [0.15, 0.2) is 48.8 Å². The highest BCUT2D eigenvalue weighted by atomic mass is 15.2. The van der Waals surface area contributed by atoms with Crippen molar-refractivity contribution in [3.05, 3.63) is 60.2 Å². The van der Waals surface area contributed by atoms with E-state index >= 15 is 0 Å². The van der Waals surface area contributed by atoms with Crippen LogP contribution >= 0.6 is 0 Å². The van der Waals surface area contributed by atoms with Gasteiger partial charge in [0.05, 0.1) is 11.4 Å². The maximum atomic E-state index is 5.74. The largest absolute Gasteiger partial charge is 0.298 e. The van der Waals surface area contributed by atoms with Gasteiger partial charge in [0.15, 0.2) is 0 Å². The van der Waals surface area contributed by atoms with Crippen LogP contribution in [0, 0.1) is 24.2 Å². The number of pyridine rings is 2. The van der Waals surface area contributed by atoms with Gasteiger partial charge < -0.3 is 0 Å². The lowest BCUT2D eigenvalue weighted by Crippen LogP contribution is -2.56. The zero-order valence-electron chi connectivity index (χ0n) is 15.2. The van der Waals surface area contributed by atoms with E-state index < -0.39 is 0 Å². The van der Waals surface area contributed by atoms with Gasteiger partial charge in [0.1, 0.15) is 0 Å². The maximum Gasteiger partial charge on any atom is 0.0544 e. The summed E-state index contributed by atoms with van der Waals surface area (Å²) in [7, 11) is 0. The van der Waals surface area contributed by atoms with Gasteiger partial charge in [-0.1, -0.05) is 12.1 Å². The molecule has 0 N–H and O–H groups in total. The Balaban J connectivity index is 1.47. The average Bonchev–Trinajstić information content (AvgIpc) is 2.70. The molecule has 3 fully saturated rings. The molecule has 3 aliphatic rings. The molecule has 3 saturated heterocycles. The van der Waals surface area contributed by atoms with Crippen molar-refractivity contribution >= 4 is 0 Å². The van der Waals surface area contributed by atoms with Gasteiger partial charge in [-0.05, 0) is 49.6 Å². The standard InChI is InChI=1S/C22H26N4/c1-2-18-14-26-12-9-19(18)13-22(26)17-25(15-20-7-3-5-10-23-20)16-21-8-4-6-11-24-21/h1,3-8,10-11,18-19,22H,9,12-17H2. The second-order valence-electron chi connectivity index (χ2n) is 7.52. The lowest BCUT2D eigenvalue weighted by Gasteiger charge is -2.49. The van der Waals surface area contributed by atoms with Crippen molar-refractivity contribution in [1.82, 2.24) is 19.8 Å². The fraction of sp³-hybridized carbons (Fsp3) is 0.455. The molecule has 2 bridgehead atoms. The number of fused-ring (bicyclic) bond motifs is 3. The van der Waals surface area contributed by atoms with Gasteiger partial charge in [0.2, 0.25) is 0 Å². The van der Waals surface area contributed by atoms with Crippen molar-refractivity contribution in [3.8, 4) is 12.3 Å². The normalized spacial score (nSPS) is 27.4. The first-order chi connectivity index (χ1) is 12.8. The number of hydrogen-bond donors (Lipinski definition) is 0. The van der Waals surface area contributed by atoms with Crippen molar-refractivity contribution in [2.45, 2.75) is 32.0 Å². The summed E-state index contributed by atoms with van der Waals surface area (Å²) in [6.07, 6.45) is 12.0. The SMILES string of the molecule is C#CC1CN2CCC1CC2CN(Cc1ccccn1)Cc1ccccn1. The van der Waals surface area contributed by atoms with Crippen LogP contribution < -0.4 is 0 Å². The molecule has 0 aromatic carbocycles. The fourth-order valence-corrected chi connectivity index (χ4v) is 4.44. The Bertz CT molecular complexity index is 698. The van der Waals surface area contributed by atoms with Gasteiger partial charge in [0, 0.05) is 50.5 Å². The third-order valence-electron chi connectivity index (χ3n) is 5.79. The first-order valence-electron chi connectivity index (χ1n) is 9.54. The van der Waals surface area contributed by atoms with Gasteiger partial charge in [-0.3, -0.25) is 19.8 Å². The van der Waals surface area contributed by atoms with E-state index in [4.69, 9.17) is 6.42 Å². The van der Waals surface area contributed by atoms with E-state index in [0.29, 0.717) is 17.9 Å². The van der Waals surface area contributed by atoms with Crippen LogP contribution in [0.5, 0.6) is 0 Å². The van der Waals surface area contributed by atoms with Crippen molar-refractivity contribution < 1.29 is 0 Å². The quantitative estimate of drug-likeness (QED) is 0.753. The molecule has 0 aliphatic carbocycles.